The second kappa shape index (κ2) is 8.36. The van der Waals surface area contributed by atoms with E-state index in [1.54, 1.807) is 0 Å². The number of hydrogen-bond acceptors (Lipinski definition) is 3. The van der Waals surface area contributed by atoms with E-state index >= 15 is 0 Å². The van der Waals surface area contributed by atoms with Crippen LogP contribution in [0.25, 0.3) is 0 Å². The molecule has 1 saturated carbocycles. The second-order valence-electron chi connectivity index (χ2n) is 11.1. The first-order valence-electron chi connectivity index (χ1n) is 11.4. The minimum atomic E-state index is -0.0688. The summed E-state index contributed by atoms with van der Waals surface area (Å²) >= 11 is 0. The van der Waals surface area contributed by atoms with Crippen LogP contribution in [0, 0.1) is 5.92 Å². The third kappa shape index (κ3) is 4.74. The number of piperazine rings is 1. The number of nitrogens with zero attached hydrogens (tertiary/aromatic N) is 1. The van der Waals surface area contributed by atoms with E-state index in [-0.39, 0.29) is 10.8 Å². The molecule has 2 aliphatic rings. The van der Waals surface area contributed by atoms with Crippen molar-refractivity contribution >= 4 is 0 Å². The first-order chi connectivity index (χ1) is 13.1. The highest BCUT2D eigenvalue weighted by Crippen LogP contribution is 2.45. The molecule has 0 aromatic heterocycles. The molecule has 0 radical (unpaired) electrons. The van der Waals surface area contributed by atoms with Crippen molar-refractivity contribution in [2.45, 2.75) is 90.5 Å². The van der Waals surface area contributed by atoms with E-state index in [1.807, 2.05) is 0 Å². The minimum absolute atomic E-state index is 0.0688. The zero-order valence-corrected chi connectivity index (χ0v) is 19.1. The summed E-state index contributed by atoms with van der Waals surface area (Å²) in [5.41, 5.74) is 3.50. The number of phenols is 1. The van der Waals surface area contributed by atoms with E-state index < -0.39 is 0 Å². The Morgan fingerprint density at radius 3 is 1.86 bits per heavy atom. The van der Waals surface area contributed by atoms with Crippen LogP contribution in [0.2, 0.25) is 0 Å². The predicted octanol–water partition coefficient (Wildman–Crippen LogP) is 5.51. The molecule has 1 saturated heterocycles. The molecule has 28 heavy (non-hydrogen) atoms. The van der Waals surface area contributed by atoms with Crippen molar-refractivity contribution in [1.29, 1.82) is 0 Å². The average molecular weight is 387 g/mol. The molecule has 1 aliphatic heterocycles. The zero-order valence-electron chi connectivity index (χ0n) is 19.1. The summed E-state index contributed by atoms with van der Waals surface area (Å²) in [7, 11) is 0. The van der Waals surface area contributed by atoms with Crippen LogP contribution in [-0.4, -0.2) is 36.2 Å². The fraction of sp³-hybridized carbons (Fsp3) is 0.760. The van der Waals surface area contributed by atoms with Gasteiger partial charge in [0, 0.05) is 32.2 Å². The van der Waals surface area contributed by atoms with Crippen molar-refractivity contribution in [2.24, 2.45) is 5.92 Å². The Balaban J connectivity index is 2.12. The van der Waals surface area contributed by atoms with Gasteiger partial charge in [-0.1, -0.05) is 60.8 Å². The van der Waals surface area contributed by atoms with Gasteiger partial charge in [0.25, 0.3) is 0 Å². The lowest BCUT2D eigenvalue weighted by molar-refractivity contribution is 0.103. The number of hydrogen-bond donors (Lipinski definition) is 2. The Morgan fingerprint density at radius 1 is 0.893 bits per heavy atom. The molecule has 3 nitrogen and oxygen atoms in total. The van der Waals surface area contributed by atoms with E-state index in [0.29, 0.717) is 11.8 Å². The van der Waals surface area contributed by atoms with Gasteiger partial charge >= 0.3 is 0 Å². The fourth-order valence-corrected chi connectivity index (χ4v) is 5.16. The molecule has 1 aromatic carbocycles. The molecule has 1 heterocycles. The molecule has 1 aromatic rings. The van der Waals surface area contributed by atoms with Gasteiger partial charge in [-0.15, -0.1) is 0 Å². The Labute approximate surface area is 172 Å². The molecule has 1 atom stereocenters. The zero-order chi connectivity index (χ0) is 20.5. The van der Waals surface area contributed by atoms with Gasteiger partial charge in [0.1, 0.15) is 5.75 Å². The van der Waals surface area contributed by atoms with Gasteiger partial charge in [-0.05, 0) is 58.4 Å². The van der Waals surface area contributed by atoms with Crippen LogP contribution < -0.4 is 5.32 Å². The van der Waals surface area contributed by atoms with E-state index in [0.717, 1.165) is 43.2 Å². The molecular weight excluding hydrogens is 344 g/mol. The van der Waals surface area contributed by atoms with Crippen molar-refractivity contribution in [2.75, 3.05) is 26.2 Å². The summed E-state index contributed by atoms with van der Waals surface area (Å²) in [5, 5.41) is 14.7. The number of phenolic OH excluding ortho intramolecular Hbond substituents is 1. The standard InChI is InChI=1S/C25H42N2O/c1-24(2,3)20-16-19(17-21(23(20)28)25(4,5)6)22(18-10-8-7-9-11-18)27-14-12-26-13-15-27/h16-18,22,26,28H,7-15H2,1-6H3/t22-/m0/s1. The SMILES string of the molecule is CC(C)(C)c1cc([C@H](C2CCCCC2)N2CCNCC2)cc(C(C)(C)C)c1O. The average Bonchev–Trinajstić information content (AvgIpc) is 2.63. The van der Waals surface area contributed by atoms with E-state index in [9.17, 15) is 5.11 Å². The molecule has 2 N–H and O–H groups in total. The van der Waals surface area contributed by atoms with Crippen LogP contribution in [0.5, 0.6) is 5.75 Å². The van der Waals surface area contributed by atoms with Gasteiger partial charge in [-0.3, -0.25) is 4.90 Å². The molecule has 2 fully saturated rings. The monoisotopic (exact) mass is 386 g/mol. The van der Waals surface area contributed by atoms with Crippen LogP contribution in [0.3, 0.4) is 0 Å². The Hall–Kier alpha value is -1.06. The van der Waals surface area contributed by atoms with E-state index in [2.05, 4.69) is 63.9 Å². The van der Waals surface area contributed by atoms with Gasteiger partial charge in [0.15, 0.2) is 0 Å². The summed E-state index contributed by atoms with van der Waals surface area (Å²) in [5.74, 6) is 1.24. The third-order valence-electron chi connectivity index (χ3n) is 6.73. The molecule has 3 heteroatoms. The van der Waals surface area contributed by atoms with Crippen molar-refractivity contribution in [3.05, 3.63) is 28.8 Å². The Bertz CT molecular complexity index is 603. The smallest absolute Gasteiger partial charge is 0.123 e. The number of rotatable bonds is 3. The van der Waals surface area contributed by atoms with Crippen molar-refractivity contribution in [3.8, 4) is 5.75 Å². The number of nitrogens with one attached hydrogen (secondary N) is 1. The van der Waals surface area contributed by atoms with Crippen LogP contribution in [0.4, 0.5) is 0 Å². The maximum atomic E-state index is 11.2. The van der Waals surface area contributed by atoms with E-state index in [4.69, 9.17) is 0 Å². The summed E-state index contributed by atoms with van der Waals surface area (Å²) in [6.07, 6.45) is 6.80. The van der Waals surface area contributed by atoms with Gasteiger partial charge in [-0.2, -0.15) is 0 Å². The van der Waals surface area contributed by atoms with Gasteiger partial charge in [0.2, 0.25) is 0 Å². The van der Waals surface area contributed by atoms with Crippen LogP contribution in [-0.2, 0) is 10.8 Å². The van der Waals surface area contributed by atoms with Crippen molar-refractivity contribution in [1.82, 2.24) is 10.2 Å². The largest absolute Gasteiger partial charge is 0.507 e. The topological polar surface area (TPSA) is 35.5 Å². The normalized spacial score (nSPS) is 21.6. The molecule has 1 aliphatic carbocycles. The molecule has 0 unspecified atom stereocenters. The Kier molecular flexibility index (Phi) is 6.46. The predicted molar refractivity (Wildman–Crippen MR) is 119 cm³/mol. The van der Waals surface area contributed by atoms with Crippen LogP contribution in [0.1, 0.15) is 96.4 Å². The quantitative estimate of drug-likeness (QED) is 0.718. The van der Waals surface area contributed by atoms with Crippen molar-refractivity contribution in [3.63, 3.8) is 0 Å². The fourth-order valence-electron chi connectivity index (χ4n) is 5.16. The molecular formula is C25H42N2O. The molecule has 3 rings (SSSR count). The van der Waals surface area contributed by atoms with Crippen molar-refractivity contribution < 1.29 is 5.11 Å². The molecule has 158 valence electrons. The summed E-state index contributed by atoms with van der Waals surface area (Å²) in [4.78, 5) is 2.72. The van der Waals surface area contributed by atoms with Crippen LogP contribution >= 0.6 is 0 Å². The van der Waals surface area contributed by atoms with Gasteiger partial charge in [0.05, 0.1) is 0 Å². The Morgan fingerprint density at radius 2 is 1.39 bits per heavy atom. The van der Waals surface area contributed by atoms with E-state index in [1.165, 1.54) is 37.7 Å². The summed E-state index contributed by atoms with van der Waals surface area (Å²) < 4.78 is 0. The molecule has 0 spiro atoms. The maximum Gasteiger partial charge on any atom is 0.123 e. The molecule has 0 bridgehead atoms. The lowest BCUT2D eigenvalue weighted by Crippen LogP contribution is -2.47. The number of benzene rings is 1. The second-order valence-corrected chi connectivity index (χ2v) is 11.1. The van der Waals surface area contributed by atoms with Gasteiger partial charge in [-0.25, -0.2) is 0 Å². The highest BCUT2D eigenvalue weighted by molar-refractivity contribution is 5.50. The number of aromatic hydroxyl groups is 1. The summed E-state index contributed by atoms with van der Waals surface area (Å²) in [6, 6.07) is 5.16. The highest BCUT2D eigenvalue weighted by atomic mass is 16.3. The molecule has 0 amide bonds. The van der Waals surface area contributed by atoms with Gasteiger partial charge < -0.3 is 10.4 Å². The maximum absolute atomic E-state index is 11.2. The lowest BCUT2D eigenvalue weighted by atomic mass is 9.74. The van der Waals surface area contributed by atoms with Crippen LogP contribution in [0.15, 0.2) is 12.1 Å². The lowest BCUT2D eigenvalue weighted by Gasteiger charge is -2.42. The summed E-state index contributed by atoms with van der Waals surface area (Å²) in [6.45, 7) is 17.7. The third-order valence-corrected chi connectivity index (χ3v) is 6.73. The first-order valence-corrected chi connectivity index (χ1v) is 11.4. The first kappa shape index (κ1) is 21.6. The highest BCUT2D eigenvalue weighted by Gasteiger charge is 2.34. The minimum Gasteiger partial charge on any atom is -0.507 e.